The molecule has 0 aliphatic heterocycles. The van der Waals surface area contributed by atoms with Crippen molar-refractivity contribution in [2.75, 3.05) is 26.2 Å². The second-order valence-corrected chi connectivity index (χ2v) is 7.16. The summed E-state index contributed by atoms with van der Waals surface area (Å²) in [6.45, 7) is 18.3. The highest BCUT2D eigenvalue weighted by Crippen LogP contribution is 2.05. The van der Waals surface area contributed by atoms with Gasteiger partial charge in [-0.3, -0.25) is 0 Å². The molecule has 0 unspecified atom stereocenters. The minimum Gasteiger partial charge on any atom is -0.312 e. The van der Waals surface area contributed by atoms with Gasteiger partial charge in [-0.1, -0.05) is 53.3 Å². The third kappa shape index (κ3) is 5.28. The molecule has 2 nitrogen and oxygen atoms in total. The zero-order valence-corrected chi connectivity index (χ0v) is 13.2. The molecule has 0 rings (SSSR count). The van der Waals surface area contributed by atoms with Crippen LogP contribution in [0, 0.1) is 5.92 Å². The van der Waals surface area contributed by atoms with Gasteiger partial charge in [-0.2, -0.15) is 0 Å². The molecule has 0 aliphatic rings. The molecule has 0 aromatic carbocycles. The van der Waals surface area contributed by atoms with Crippen molar-refractivity contribution in [1.82, 2.24) is 9.13 Å². The van der Waals surface area contributed by atoms with Crippen LogP contribution in [0.5, 0.6) is 0 Å². The van der Waals surface area contributed by atoms with E-state index in [1.807, 2.05) is 0 Å². The fourth-order valence-corrected chi connectivity index (χ4v) is 5.08. The molecule has 0 saturated heterocycles. The first kappa shape index (κ1) is 15.9. The Bertz CT molecular complexity index is 172. The molecule has 16 heavy (non-hydrogen) atoms. The summed E-state index contributed by atoms with van der Waals surface area (Å²) in [4.78, 5) is 0. The molecular weight excluding hydrogens is 212 g/mol. The number of allylic oxidation sites excluding steroid dienone is 1. The maximum absolute atomic E-state index is 2.64. The Kier molecular flexibility index (Phi) is 8.90. The summed E-state index contributed by atoms with van der Waals surface area (Å²) in [5.74, 6) is 0.668. The molecule has 0 spiro atoms. The standard InChI is InChI=1S/C13H30N2Si/c1-7-14(8-2)16(12-11-13(5)6)15(9-3)10-4/h11-13,16H,7-10H2,1-6H3. The summed E-state index contributed by atoms with van der Waals surface area (Å²) >= 11 is 0. The molecule has 0 radical (unpaired) electrons. The van der Waals surface area contributed by atoms with Crippen molar-refractivity contribution in [3.63, 3.8) is 0 Å². The van der Waals surface area contributed by atoms with Crippen molar-refractivity contribution in [2.24, 2.45) is 5.92 Å². The third-order valence-corrected chi connectivity index (χ3v) is 6.56. The fourth-order valence-electron chi connectivity index (χ4n) is 1.99. The maximum atomic E-state index is 2.64. The Labute approximate surface area is 104 Å². The molecular formula is C13H30N2Si. The highest BCUT2D eigenvalue weighted by Gasteiger charge is 2.20. The zero-order valence-electron chi connectivity index (χ0n) is 12.0. The van der Waals surface area contributed by atoms with Gasteiger partial charge in [0.1, 0.15) is 0 Å². The van der Waals surface area contributed by atoms with E-state index in [2.05, 4.69) is 62.4 Å². The summed E-state index contributed by atoms with van der Waals surface area (Å²) in [5, 5.41) is 0. The number of rotatable bonds is 8. The average Bonchev–Trinajstić information content (AvgIpc) is 2.27. The first-order valence-corrected chi connectivity index (χ1v) is 8.46. The van der Waals surface area contributed by atoms with Gasteiger partial charge in [-0.15, -0.1) is 0 Å². The van der Waals surface area contributed by atoms with Gasteiger partial charge in [0.15, 0.2) is 0 Å². The molecule has 0 aromatic rings. The van der Waals surface area contributed by atoms with Crippen LogP contribution in [0.2, 0.25) is 0 Å². The highest BCUT2D eigenvalue weighted by atomic mass is 28.3. The predicted octanol–water partition coefficient (Wildman–Crippen LogP) is 2.64. The Morgan fingerprint density at radius 3 is 1.50 bits per heavy atom. The van der Waals surface area contributed by atoms with Crippen molar-refractivity contribution in [3.05, 3.63) is 11.8 Å². The van der Waals surface area contributed by atoms with Crippen LogP contribution in [0.1, 0.15) is 41.5 Å². The molecule has 3 heteroatoms. The number of hydrogen-bond acceptors (Lipinski definition) is 2. The van der Waals surface area contributed by atoms with Crippen LogP contribution in [-0.2, 0) is 0 Å². The lowest BCUT2D eigenvalue weighted by atomic mass is 10.2. The fraction of sp³-hybridized carbons (Fsp3) is 0.846. The second kappa shape index (κ2) is 8.96. The van der Waals surface area contributed by atoms with Gasteiger partial charge in [-0.25, -0.2) is 0 Å². The van der Waals surface area contributed by atoms with Crippen LogP contribution >= 0.6 is 0 Å². The summed E-state index contributed by atoms with van der Waals surface area (Å²) < 4.78 is 5.29. The van der Waals surface area contributed by atoms with Crippen LogP contribution < -0.4 is 0 Å². The first-order chi connectivity index (χ1) is 7.60. The molecule has 0 aromatic heterocycles. The van der Waals surface area contributed by atoms with E-state index in [0.29, 0.717) is 5.92 Å². The molecule has 0 amide bonds. The lowest BCUT2D eigenvalue weighted by Gasteiger charge is -2.34. The zero-order chi connectivity index (χ0) is 12.6. The van der Waals surface area contributed by atoms with Crippen molar-refractivity contribution < 1.29 is 0 Å². The smallest absolute Gasteiger partial charge is 0.215 e. The maximum Gasteiger partial charge on any atom is 0.215 e. The van der Waals surface area contributed by atoms with Crippen molar-refractivity contribution in [1.29, 1.82) is 0 Å². The molecule has 0 N–H and O–H groups in total. The number of hydrogen-bond donors (Lipinski definition) is 0. The van der Waals surface area contributed by atoms with Gasteiger partial charge in [0.2, 0.25) is 9.12 Å². The lowest BCUT2D eigenvalue weighted by molar-refractivity contribution is 0.387. The summed E-state index contributed by atoms with van der Waals surface area (Å²) in [6.07, 6.45) is 2.38. The van der Waals surface area contributed by atoms with E-state index in [-0.39, 0.29) is 0 Å². The minimum absolute atomic E-state index is 0.668. The van der Waals surface area contributed by atoms with Gasteiger partial charge in [0, 0.05) is 0 Å². The van der Waals surface area contributed by atoms with Crippen LogP contribution in [0.25, 0.3) is 0 Å². The van der Waals surface area contributed by atoms with E-state index in [9.17, 15) is 0 Å². The molecule has 0 saturated carbocycles. The van der Waals surface area contributed by atoms with Crippen molar-refractivity contribution in [3.8, 4) is 0 Å². The molecule has 96 valence electrons. The van der Waals surface area contributed by atoms with Crippen LogP contribution in [0.15, 0.2) is 11.8 Å². The Balaban J connectivity index is 4.72. The molecule has 0 aliphatic carbocycles. The van der Waals surface area contributed by atoms with Crippen molar-refractivity contribution >= 4 is 9.12 Å². The first-order valence-electron chi connectivity index (χ1n) is 6.76. The minimum atomic E-state index is -1.03. The topological polar surface area (TPSA) is 6.48 Å². The molecule has 0 heterocycles. The number of nitrogens with zero attached hydrogens (tertiary/aromatic N) is 2. The Morgan fingerprint density at radius 2 is 1.25 bits per heavy atom. The molecule has 0 atom stereocenters. The van der Waals surface area contributed by atoms with Crippen LogP contribution in [-0.4, -0.2) is 44.4 Å². The van der Waals surface area contributed by atoms with Gasteiger partial charge < -0.3 is 9.13 Å². The van der Waals surface area contributed by atoms with E-state index >= 15 is 0 Å². The Hall–Kier alpha value is -0.123. The van der Waals surface area contributed by atoms with E-state index in [1.54, 1.807) is 0 Å². The molecule has 0 fully saturated rings. The lowest BCUT2D eigenvalue weighted by Crippen LogP contribution is -2.51. The van der Waals surface area contributed by atoms with Gasteiger partial charge in [-0.05, 0) is 32.1 Å². The average molecular weight is 242 g/mol. The summed E-state index contributed by atoms with van der Waals surface area (Å²) in [6, 6.07) is 0. The quantitative estimate of drug-likeness (QED) is 0.604. The van der Waals surface area contributed by atoms with E-state index < -0.39 is 9.12 Å². The monoisotopic (exact) mass is 242 g/mol. The van der Waals surface area contributed by atoms with E-state index in [0.717, 1.165) is 0 Å². The van der Waals surface area contributed by atoms with Gasteiger partial charge >= 0.3 is 0 Å². The van der Waals surface area contributed by atoms with Gasteiger partial charge in [0.05, 0.1) is 0 Å². The van der Waals surface area contributed by atoms with Gasteiger partial charge in [0.25, 0.3) is 0 Å². The van der Waals surface area contributed by atoms with Crippen LogP contribution in [0.3, 0.4) is 0 Å². The third-order valence-electron chi connectivity index (χ3n) is 3.04. The molecule has 0 bridgehead atoms. The summed E-state index contributed by atoms with van der Waals surface area (Å²) in [7, 11) is -1.03. The van der Waals surface area contributed by atoms with E-state index in [4.69, 9.17) is 0 Å². The largest absolute Gasteiger partial charge is 0.312 e. The van der Waals surface area contributed by atoms with E-state index in [1.165, 1.54) is 26.2 Å². The SMILES string of the molecule is CCN(CC)[SiH](C=CC(C)C)N(CC)CC. The predicted molar refractivity (Wildman–Crippen MR) is 77.0 cm³/mol. The highest BCUT2D eigenvalue weighted by molar-refractivity contribution is 6.58. The summed E-state index contributed by atoms with van der Waals surface area (Å²) in [5.41, 5.74) is 2.50. The van der Waals surface area contributed by atoms with Crippen LogP contribution in [0.4, 0.5) is 0 Å². The van der Waals surface area contributed by atoms with Crippen molar-refractivity contribution in [2.45, 2.75) is 41.5 Å². The second-order valence-electron chi connectivity index (χ2n) is 4.48. The normalized spacial score (nSPS) is 12.9. The Morgan fingerprint density at radius 1 is 0.875 bits per heavy atom.